The summed E-state index contributed by atoms with van der Waals surface area (Å²) in [6, 6.07) is 0. The number of carbonyl (C=O) groups excluding carboxylic acids is 1. The Kier molecular flexibility index (Phi) is 3.94. The van der Waals surface area contributed by atoms with Gasteiger partial charge in [-0.15, -0.1) is 0 Å². The predicted molar refractivity (Wildman–Crippen MR) is 51.1 cm³/mol. The zero-order valence-corrected chi connectivity index (χ0v) is 8.16. The van der Waals surface area contributed by atoms with E-state index in [1.165, 1.54) is 6.92 Å². The highest BCUT2D eigenvalue weighted by Crippen LogP contribution is 2.14. The molecule has 1 aliphatic heterocycles. The van der Waals surface area contributed by atoms with Crippen LogP contribution in [0.3, 0.4) is 0 Å². The molecule has 0 radical (unpaired) electrons. The van der Waals surface area contributed by atoms with Crippen LogP contribution in [0, 0.1) is 0 Å². The lowest BCUT2D eigenvalue weighted by Gasteiger charge is -2.27. The van der Waals surface area contributed by atoms with Gasteiger partial charge in [0.2, 0.25) is 5.91 Å². The van der Waals surface area contributed by atoms with Crippen LogP contribution in [0.15, 0.2) is 0 Å². The van der Waals surface area contributed by atoms with Gasteiger partial charge in [0.25, 0.3) is 7.48 Å². The monoisotopic (exact) mass is 199 g/mol. The van der Waals surface area contributed by atoms with Crippen LogP contribution in [0.1, 0.15) is 26.2 Å². The first kappa shape index (κ1) is 11.0. The zero-order chi connectivity index (χ0) is 10.6. The summed E-state index contributed by atoms with van der Waals surface area (Å²) in [6.45, 7) is 1.46. The molecule has 0 aromatic rings. The maximum Gasteiger partial charge on any atom is 0.305 e. The molecule has 1 saturated heterocycles. The van der Waals surface area contributed by atoms with Crippen molar-refractivity contribution in [1.29, 1.82) is 0 Å². The minimum atomic E-state index is -0.840. The van der Waals surface area contributed by atoms with Crippen LogP contribution < -0.4 is 5.32 Å². The number of hydrogen-bond donors (Lipinski definition) is 2. The molecule has 0 aromatic heterocycles. The number of carboxylic acid groups (broad SMARTS) is 1. The van der Waals surface area contributed by atoms with E-state index in [1.807, 2.05) is 0 Å². The Bertz CT molecular complexity index is 201. The molecule has 78 valence electrons. The Morgan fingerprint density at radius 2 is 2.29 bits per heavy atom. The molecule has 1 aliphatic rings. The van der Waals surface area contributed by atoms with Crippen LogP contribution in [0.25, 0.3) is 0 Å². The van der Waals surface area contributed by atoms with Crippen LogP contribution in [0.5, 0.6) is 0 Å². The average molecular weight is 199 g/mol. The molecule has 0 saturated carbocycles. The maximum absolute atomic E-state index is 10.7. The Morgan fingerprint density at radius 3 is 2.71 bits per heavy atom. The number of aliphatic carboxylic acids is 1. The lowest BCUT2D eigenvalue weighted by Crippen LogP contribution is -2.44. The fourth-order valence-electron chi connectivity index (χ4n) is 1.56. The number of amides is 1. The van der Waals surface area contributed by atoms with Crippen molar-refractivity contribution in [2.75, 3.05) is 0 Å². The van der Waals surface area contributed by atoms with Gasteiger partial charge in [0.1, 0.15) is 0 Å². The van der Waals surface area contributed by atoms with Gasteiger partial charge in [-0.1, -0.05) is 0 Å². The van der Waals surface area contributed by atoms with Gasteiger partial charge in [0.05, 0.1) is 12.5 Å². The maximum atomic E-state index is 10.7. The first-order chi connectivity index (χ1) is 6.58. The van der Waals surface area contributed by atoms with Gasteiger partial charge in [0, 0.05) is 12.9 Å². The second-order valence-corrected chi connectivity index (χ2v) is 3.53. The first-order valence-corrected chi connectivity index (χ1v) is 4.68. The van der Waals surface area contributed by atoms with Crippen LogP contribution in [-0.2, 0) is 14.2 Å². The summed E-state index contributed by atoms with van der Waals surface area (Å²) in [5.41, 5.74) is 0. The van der Waals surface area contributed by atoms with Gasteiger partial charge >= 0.3 is 5.97 Å². The molecule has 5 nitrogen and oxygen atoms in total. The summed E-state index contributed by atoms with van der Waals surface area (Å²) in [7, 11) is 0.414. The quantitative estimate of drug-likeness (QED) is 0.598. The molecule has 1 rings (SSSR count). The minimum absolute atomic E-state index is 0.0394. The number of hydrogen-bond acceptors (Lipinski definition) is 3. The lowest BCUT2D eigenvalue weighted by molar-refractivity contribution is -0.139. The van der Waals surface area contributed by atoms with Crippen LogP contribution in [0.4, 0.5) is 0 Å². The second kappa shape index (κ2) is 5.00. The molecule has 0 spiro atoms. The van der Waals surface area contributed by atoms with E-state index in [0.717, 1.165) is 6.42 Å². The molecule has 0 bridgehead atoms. The number of rotatable bonds is 3. The number of nitrogens with one attached hydrogen (secondary N) is 1. The van der Waals surface area contributed by atoms with E-state index in [4.69, 9.17) is 9.76 Å². The van der Waals surface area contributed by atoms with Gasteiger partial charge in [-0.2, -0.15) is 0 Å². The van der Waals surface area contributed by atoms with E-state index in [0.29, 0.717) is 13.9 Å². The van der Waals surface area contributed by atoms with E-state index < -0.39 is 5.97 Å². The molecule has 2 unspecified atom stereocenters. The van der Waals surface area contributed by atoms with Crippen molar-refractivity contribution in [2.45, 2.75) is 38.2 Å². The Morgan fingerprint density at radius 1 is 1.57 bits per heavy atom. The number of carbonyl (C=O) groups is 2. The summed E-state index contributed by atoms with van der Waals surface area (Å²) in [4.78, 5) is 21.1. The summed E-state index contributed by atoms with van der Waals surface area (Å²) < 4.78 is 5.31. The van der Waals surface area contributed by atoms with Crippen molar-refractivity contribution in [3.8, 4) is 0 Å². The van der Waals surface area contributed by atoms with Gasteiger partial charge in [-0.25, -0.2) is 0 Å². The van der Waals surface area contributed by atoms with Crippen molar-refractivity contribution in [2.24, 2.45) is 0 Å². The van der Waals surface area contributed by atoms with E-state index in [-0.39, 0.29) is 24.4 Å². The number of carboxylic acids is 1. The standard InChI is InChI=1S/C8H14BNO4/c1-5(11)10-7-3-2-6(14-9-7)4-8(12)13/h6-7,9H,2-4H2,1H3,(H,10,11)(H,12,13). The summed E-state index contributed by atoms with van der Waals surface area (Å²) in [5.74, 6) is -0.874. The van der Waals surface area contributed by atoms with Crippen LogP contribution in [0.2, 0.25) is 0 Å². The van der Waals surface area contributed by atoms with Gasteiger partial charge < -0.3 is 15.1 Å². The lowest BCUT2D eigenvalue weighted by atomic mass is 9.79. The fraction of sp³-hybridized carbons (Fsp3) is 0.750. The third-order valence-electron chi connectivity index (χ3n) is 2.18. The summed E-state index contributed by atoms with van der Waals surface area (Å²) in [5, 5.41) is 11.3. The van der Waals surface area contributed by atoms with Crippen molar-refractivity contribution in [3.05, 3.63) is 0 Å². The topological polar surface area (TPSA) is 75.6 Å². The first-order valence-electron chi connectivity index (χ1n) is 4.68. The van der Waals surface area contributed by atoms with Crippen LogP contribution in [-0.4, -0.2) is 36.5 Å². The molecule has 14 heavy (non-hydrogen) atoms. The van der Waals surface area contributed by atoms with Crippen molar-refractivity contribution in [1.82, 2.24) is 5.32 Å². The van der Waals surface area contributed by atoms with Gasteiger partial charge in [-0.05, 0) is 12.8 Å². The molecular formula is C8H14BNO4. The Hall–Kier alpha value is -1.04. The molecule has 0 aromatic carbocycles. The normalized spacial score (nSPS) is 26.4. The Balaban J connectivity index is 2.24. The smallest absolute Gasteiger partial charge is 0.305 e. The van der Waals surface area contributed by atoms with E-state index in [9.17, 15) is 9.59 Å². The molecule has 1 fully saturated rings. The molecule has 0 aliphatic carbocycles. The molecule has 2 atom stereocenters. The SMILES string of the molecule is CC(=O)NC1BOC(CC(=O)O)CC1. The fourth-order valence-corrected chi connectivity index (χ4v) is 1.56. The highest BCUT2D eigenvalue weighted by Gasteiger charge is 2.24. The summed E-state index contributed by atoms with van der Waals surface area (Å²) >= 11 is 0. The van der Waals surface area contributed by atoms with Gasteiger partial charge in [-0.3, -0.25) is 9.59 Å². The molecule has 6 heteroatoms. The molecular weight excluding hydrogens is 185 g/mol. The van der Waals surface area contributed by atoms with E-state index in [1.54, 1.807) is 0 Å². The van der Waals surface area contributed by atoms with Crippen LogP contribution >= 0.6 is 0 Å². The molecule has 1 heterocycles. The van der Waals surface area contributed by atoms with E-state index in [2.05, 4.69) is 5.32 Å². The highest BCUT2D eigenvalue weighted by atomic mass is 16.4. The van der Waals surface area contributed by atoms with Gasteiger partial charge in [0.15, 0.2) is 0 Å². The molecule has 2 N–H and O–H groups in total. The summed E-state index contributed by atoms with van der Waals surface area (Å²) in [6.07, 6.45) is 1.33. The third-order valence-corrected chi connectivity index (χ3v) is 2.18. The zero-order valence-electron chi connectivity index (χ0n) is 8.16. The minimum Gasteiger partial charge on any atom is -0.481 e. The van der Waals surface area contributed by atoms with E-state index >= 15 is 0 Å². The van der Waals surface area contributed by atoms with Crippen molar-refractivity contribution in [3.63, 3.8) is 0 Å². The van der Waals surface area contributed by atoms with Crippen molar-refractivity contribution < 1.29 is 19.3 Å². The second-order valence-electron chi connectivity index (χ2n) is 3.53. The predicted octanol–water partition coefficient (Wildman–Crippen LogP) is -0.546. The third kappa shape index (κ3) is 3.78. The molecule has 1 amide bonds. The Labute approximate surface area is 83.1 Å². The largest absolute Gasteiger partial charge is 0.481 e. The van der Waals surface area contributed by atoms with Crippen molar-refractivity contribution >= 4 is 19.4 Å². The average Bonchev–Trinajstić information content (AvgIpc) is 2.06. The highest BCUT2D eigenvalue weighted by molar-refractivity contribution is 6.30.